The minimum atomic E-state index is -2.46. The number of esters is 1. The van der Waals surface area contributed by atoms with Crippen LogP contribution in [0, 0.1) is 5.92 Å². The summed E-state index contributed by atoms with van der Waals surface area (Å²) in [7, 11) is -2.46. The van der Waals surface area contributed by atoms with Crippen LogP contribution in [-0.2, 0) is 9.53 Å². The zero-order valence-corrected chi connectivity index (χ0v) is 16.1. The van der Waals surface area contributed by atoms with Gasteiger partial charge in [0.05, 0.1) is 11.6 Å². The number of carbonyl (C=O) groups is 1. The molecule has 5 nitrogen and oxygen atoms in total. The van der Waals surface area contributed by atoms with Crippen molar-refractivity contribution in [2.45, 2.75) is 33.2 Å². The van der Waals surface area contributed by atoms with E-state index in [0.29, 0.717) is 23.3 Å². The Balaban J connectivity index is 2.08. The highest BCUT2D eigenvalue weighted by molar-refractivity contribution is 7.34. The van der Waals surface area contributed by atoms with Crippen LogP contribution in [0.25, 0.3) is 10.8 Å². The van der Waals surface area contributed by atoms with E-state index in [9.17, 15) is 9.69 Å². The Hall–Kier alpha value is -1.68. The van der Waals surface area contributed by atoms with Crippen LogP contribution in [-0.4, -0.2) is 18.6 Å². The highest BCUT2D eigenvalue weighted by Crippen LogP contribution is 2.37. The first-order valence-electron chi connectivity index (χ1n) is 8.08. The summed E-state index contributed by atoms with van der Waals surface area (Å²) in [5, 5.41) is 1.98. The summed E-state index contributed by atoms with van der Waals surface area (Å²) in [5.41, 5.74) is 0. The molecule has 0 radical (unpaired) electrons. The van der Waals surface area contributed by atoms with Crippen LogP contribution in [0.1, 0.15) is 27.2 Å². The topological polar surface area (TPSA) is 71.0 Å². The fourth-order valence-electron chi connectivity index (χ4n) is 2.12. The lowest BCUT2D eigenvalue weighted by atomic mass is 10.1. The molecule has 25 heavy (non-hydrogen) atoms. The maximum atomic E-state index is 12.2. The summed E-state index contributed by atoms with van der Waals surface area (Å²) < 4.78 is 14.4. The molecule has 2 rings (SSSR count). The molecule has 7 heteroatoms. The van der Waals surface area contributed by atoms with Crippen molar-refractivity contribution < 1.29 is 18.9 Å². The Labute approximate surface area is 153 Å². The van der Waals surface area contributed by atoms with Gasteiger partial charge in [0.15, 0.2) is 6.04 Å². The second kappa shape index (κ2) is 9.14. The fourth-order valence-corrected chi connectivity index (χ4v) is 3.15. The van der Waals surface area contributed by atoms with Crippen LogP contribution in [0.5, 0.6) is 5.75 Å². The maximum Gasteiger partial charge on any atom is 0.395 e. The number of fused-ring (bicyclic) bond motifs is 1. The molecule has 134 valence electrons. The maximum absolute atomic E-state index is 12.2. The van der Waals surface area contributed by atoms with E-state index >= 15 is 0 Å². The smallest absolute Gasteiger partial charge is 0.395 e. The highest BCUT2D eigenvalue weighted by atomic mass is 35.5. The second-order valence-corrected chi connectivity index (χ2v) is 7.36. The van der Waals surface area contributed by atoms with Gasteiger partial charge in [-0.15, -0.1) is 0 Å². The third-order valence-electron chi connectivity index (χ3n) is 3.55. The molecule has 0 bridgehead atoms. The Kier molecular flexibility index (Phi) is 7.18. The lowest BCUT2D eigenvalue weighted by Crippen LogP contribution is -2.19. The van der Waals surface area contributed by atoms with Crippen LogP contribution in [0.15, 0.2) is 41.1 Å². The van der Waals surface area contributed by atoms with E-state index in [-0.39, 0.29) is 0 Å². The van der Waals surface area contributed by atoms with E-state index in [1.165, 1.54) is 6.92 Å². The monoisotopic (exact) mass is 381 g/mol. The van der Waals surface area contributed by atoms with Gasteiger partial charge in [0.2, 0.25) is 5.75 Å². The molecule has 0 saturated carbocycles. The molecule has 0 aliphatic rings. The molecule has 0 aliphatic carbocycles. The number of nitrogens with zero attached hydrogens (tertiary/aromatic N) is 1. The Morgan fingerprint density at radius 3 is 2.68 bits per heavy atom. The molecule has 0 fully saturated rings. The third kappa shape index (κ3) is 5.67. The normalized spacial score (nSPS) is 13.1. The molecular weight excluding hydrogens is 361 g/mol. The summed E-state index contributed by atoms with van der Waals surface area (Å²) in [6.45, 7) is 5.93. The molecule has 0 aliphatic heterocycles. The van der Waals surface area contributed by atoms with Gasteiger partial charge < -0.3 is 9.63 Å². The number of ether oxygens (including phenoxy) is 1. The molecule has 0 N–H and O–H groups in total. The summed E-state index contributed by atoms with van der Waals surface area (Å²) >= 11 is 6.16. The third-order valence-corrected chi connectivity index (χ3v) is 4.72. The minimum Gasteiger partial charge on any atom is -0.575 e. The van der Waals surface area contributed by atoms with Gasteiger partial charge in [0.1, 0.15) is 0 Å². The first-order valence-corrected chi connectivity index (χ1v) is 9.59. The SMILES string of the molecule is CC(C)CCOC(=O)[C@H](C)/N=[P+](\[O-])Oc1c(Cl)ccc2ccccc12. The first kappa shape index (κ1) is 19.6. The zero-order chi connectivity index (χ0) is 18.4. The highest BCUT2D eigenvalue weighted by Gasteiger charge is 2.20. The number of hydrogen-bond donors (Lipinski definition) is 0. The van der Waals surface area contributed by atoms with Gasteiger partial charge in [0.25, 0.3) is 0 Å². The van der Waals surface area contributed by atoms with Gasteiger partial charge >= 0.3 is 14.1 Å². The standard InChI is InChI=1S/C18H21ClNO4P/c1-12(2)10-11-23-18(21)13(3)20-25(22)24-17-15-7-5-4-6-14(15)8-9-16(17)19/h4-9,12-13H,10-11H2,1-3H3/t13-/m0/s1. The van der Waals surface area contributed by atoms with Crippen LogP contribution in [0.4, 0.5) is 0 Å². The molecule has 0 amide bonds. The molecule has 0 saturated heterocycles. The minimum absolute atomic E-state index is 0.296. The van der Waals surface area contributed by atoms with Crippen LogP contribution < -0.4 is 9.42 Å². The quantitative estimate of drug-likeness (QED) is 0.514. The molecule has 1 unspecified atom stereocenters. The summed E-state index contributed by atoms with van der Waals surface area (Å²) in [5.74, 6) is 0.218. The molecule has 2 aromatic carbocycles. The van der Waals surface area contributed by atoms with Crippen molar-refractivity contribution in [2.24, 2.45) is 10.7 Å². The number of halogens is 1. The molecule has 0 heterocycles. The van der Waals surface area contributed by atoms with Crippen molar-refractivity contribution in [1.82, 2.24) is 0 Å². The Morgan fingerprint density at radius 1 is 1.24 bits per heavy atom. The zero-order valence-electron chi connectivity index (χ0n) is 14.4. The average Bonchev–Trinajstić information content (AvgIpc) is 2.57. The van der Waals surface area contributed by atoms with Crippen molar-refractivity contribution in [1.29, 1.82) is 0 Å². The number of benzene rings is 2. The summed E-state index contributed by atoms with van der Waals surface area (Å²) in [4.78, 5) is 24.1. The van der Waals surface area contributed by atoms with Crippen LogP contribution in [0.2, 0.25) is 5.02 Å². The van der Waals surface area contributed by atoms with Gasteiger partial charge in [0, 0.05) is 5.39 Å². The lowest BCUT2D eigenvalue weighted by molar-refractivity contribution is -0.169. The number of carbonyl (C=O) groups excluding carboxylic acids is 1. The van der Waals surface area contributed by atoms with Crippen molar-refractivity contribution >= 4 is 36.5 Å². The summed E-state index contributed by atoms with van der Waals surface area (Å²) in [6.07, 6.45) is 0.771. The van der Waals surface area contributed by atoms with E-state index in [1.807, 2.05) is 44.2 Å². The van der Waals surface area contributed by atoms with E-state index in [1.54, 1.807) is 6.07 Å². The molecule has 2 atom stereocenters. The Morgan fingerprint density at radius 2 is 1.96 bits per heavy atom. The predicted molar refractivity (Wildman–Crippen MR) is 98.8 cm³/mol. The number of rotatable bonds is 7. The molecule has 2 aromatic rings. The van der Waals surface area contributed by atoms with E-state index in [0.717, 1.165) is 17.2 Å². The van der Waals surface area contributed by atoms with Crippen LogP contribution >= 0.6 is 19.8 Å². The van der Waals surface area contributed by atoms with Gasteiger partial charge in [-0.2, -0.15) is 0 Å². The number of hydrogen-bond acceptors (Lipinski definition) is 5. The van der Waals surface area contributed by atoms with Crippen molar-refractivity contribution in [2.75, 3.05) is 6.61 Å². The fraction of sp³-hybridized carbons (Fsp3) is 0.389. The molecule has 0 aromatic heterocycles. The van der Waals surface area contributed by atoms with E-state index < -0.39 is 20.2 Å². The lowest BCUT2D eigenvalue weighted by Gasteiger charge is -2.09. The van der Waals surface area contributed by atoms with Gasteiger partial charge in [-0.05, 0) is 30.7 Å². The molecule has 0 spiro atoms. The van der Waals surface area contributed by atoms with Crippen LogP contribution in [0.3, 0.4) is 0 Å². The van der Waals surface area contributed by atoms with Crippen molar-refractivity contribution in [3.8, 4) is 5.75 Å². The second-order valence-electron chi connectivity index (χ2n) is 6.07. The first-order chi connectivity index (χ1) is 11.9. The van der Waals surface area contributed by atoms with E-state index in [4.69, 9.17) is 20.9 Å². The van der Waals surface area contributed by atoms with Gasteiger partial charge in [-0.1, -0.05) is 60.5 Å². The largest absolute Gasteiger partial charge is 0.575 e. The Bertz CT molecular complexity index is 779. The van der Waals surface area contributed by atoms with Gasteiger partial charge in [-0.25, -0.2) is 4.79 Å². The molecular formula is C18H21ClNO4P. The van der Waals surface area contributed by atoms with Gasteiger partial charge in [-0.3, -0.25) is 4.52 Å². The summed E-state index contributed by atoms with van der Waals surface area (Å²) in [6, 6.07) is 10.1. The predicted octanol–water partition coefficient (Wildman–Crippen LogP) is 4.71. The van der Waals surface area contributed by atoms with E-state index in [2.05, 4.69) is 4.74 Å². The van der Waals surface area contributed by atoms with Crippen molar-refractivity contribution in [3.05, 3.63) is 41.4 Å². The average molecular weight is 382 g/mol. The van der Waals surface area contributed by atoms with Crippen molar-refractivity contribution in [3.63, 3.8) is 0 Å².